The van der Waals surface area contributed by atoms with Gasteiger partial charge in [0.05, 0.1) is 12.3 Å². The van der Waals surface area contributed by atoms with Crippen LogP contribution in [-0.2, 0) is 9.53 Å². The number of halogens is 1. The summed E-state index contributed by atoms with van der Waals surface area (Å²) in [6.07, 6.45) is 0. The number of carbonyl (C=O) groups excluding carboxylic acids is 2. The molecule has 6 heteroatoms. The average Bonchev–Trinajstić information content (AvgIpc) is 2.20. The molecule has 0 atom stereocenters. The summed E-state index contributed by atoms with van der Waals surface area (Å²) < 4.78 is 4.79. The Balaban J connectivity index is 3.07. The van der Waals surface area contributed by atoms with Gasteiger partial charge in [-0.1, -0.05) is 11.6 Å². The first-order chi connectivity index (χ1) is 7.54. The molecule has 0 saturated heterocycles. The molecule has 0 bridgehead atoms. The molecule has 1 amide bonds. The molecule has 0 unspecified atom stereocenters. The van der Waals surface area contributed by atoms with E-state index < -0.39 is 5.97 Å². The van der Waals surface area contributed by atoms with Crippen molar-refractivity contribution in [3.63, 3.8) is 0 Å². The van der Waals surface area contributed by atoms with E-state index in [-0.39, 0.29) is 29.0 Å². The Bertz CT molecular complexity index is 421. The van der Waals surface area contributed by atoms with Crippen LogP contribution in [0, 0.1) is 0 Å². The summed E-state index contributed by atoms with van der Waals surface area (Å²) in [6, 6.07) is 2.98. The molecule has 0 fully saturated rings. The topological polar surface area (TPSA) is 68.3 Å². The second-order valence-electron chi connectivity index (χ2n) is 2.93. The highest BCUT2D eigenvalue weighted by atomic mass is 35.5. The van der Waals surface area contributed by atoms with Gasteiger partial charge in [-0.2, -0.15) is 0 Å². The number of anilines is 1. The number of amides is 1. The van der Waals surface area contributed by atoms with Gasteiger partial charge < -0.3 is 10.1 Å². The van der Waals surface area contributed by atoms with E-state index in [9.17, 15) is 9.59 Å². The summed E-state index contributed by atoms with van der Waals surface area (Å²) in [6.45, 7) is 3.25. The van der Waals surface area contributed by atoms with E-state index in [2.05, 4.69) is 10.3 Å². The van der Waals surface area contributed by atoms with Crippen LogP contribution >= 0.6 is 11.6 Å². The zero-order valence-electron chi connectivity index (χ0n) is 8.91. The summed E-state index contributed by atoms with van der Waals surface area (Å²) in [5.74, 6) is -0.913. The number of aromatic nitrogens is 1. The maximum atomic E-state index is 11.5. The molecule has 0 saturated carbocycles. The van der Waals surface area contributed by atoms with E-state index in [4.69, 9.17) is 16.3 Å². The Morgan fingerprint density at radius 2 is 2.19 bits per heavy atom. The fraction of sp³-hybridized carbons (Fsp3) is 0.300. The number of carbonyl (C=O) groups is 2. The van der Waals surface area contributed by atoms with Gasteiger partial charge in [0.25, 0.3) is 0 Å². The third-order valence-corrected chi connectivity index (χ3v) is 1.85. The molecule has 1 aromatic rings. The molecule has 0 spiro atoms. The van der Waals surface area contributed by atoms with Crippen LogP contribution in [0.25, 0.3) is 0 Å². The zero-order chi connectivity index (χ0) is 12.1. The highest BCUT2D eigenvalue weighted by molar-refractivity contribution is 6.29. The molecule has 16 heavy (non-hydrogen) atoms. The second-order valence-corrected chi connectivity index (χ2v) is 3.32. The fourth-order valence-electron chi connectivity index (χ4n) is 1.08. The Kier molecular flexibility index (Phi) is 4.25. The lowest BCUT2D eigenvalue weighted by Gasteiger charge is -2.08. The number of rotatable bonds is 3. The Morgan fingerprint density at radius 3 is 2.75 bits per heavy atom. The quantitative estimate of drug-likeness (QED) is 0.649. The van der Waals surface area contributed by atoms with Gasteiger partial charge in [0.2, 0.25) is 5.91 Å². The molecule has 1 aromatic heterocycles. The summed E-state index contributed by atoms with van der Waals surface area (Å²) in [7, 11) is 0. The van der Waals surface area contributed by atoms with Crippen LogP contribution in [0.1, 0.15) is 24.3 Å². The van der Waals surface area contributed by atoms with Crippen molar-refractivity contribution in [1.82, 2.24) is 4.98 Å². The van der Waals surface area contributed by atoms with Crippen LogP contribution in [0.2, 0.25) is 5.15 Å². The molecule has 0 radical (unpaired) electrons. The molecular formula is C10H11ClN2O3. The highest BCUT2D eigenvalue weighted by Gasteiger charge is 2.15. The van der Waals surface area contributed by atoms with Crippen LogP contribution in [0.15, 0.2) is 12.1 Å². The van der Waals surface area contributed by atoms with Crippen molar-refractivity contribution in [3.05, 3.63) is 23.0 Å². The van der Waals surface area contributed by atoms with Gasteiger partial charge in [0.15, 0.2) is 5.69 Å². The predicted octanol–water partition coefficient (Wildman–Crippen LogP) is 1.87. The lowest BCUT2D eigenvalue weighted by Crippen LogP contribution is -2.14. The number of hydrogen-bond acceptors (Lipinski definition) is 4. The van der Waals surface area contributed by atoms with Crippen LogP contribution < -0.4 is 5.32 Å². The van der Waals surface area contributed by atoms with Gasteiger partial charge >= 0.3 is 5.97 Å². The molecule has 0 aliphatic rings. The fourth-order valence-corrected chi connectivity index (χ4v) is 1.23. The molecule has 0 aromatic carbocycles. The number of nitrogens with zero attached hydrogens (tertiary/aromatic N) is 1. The van der Waals surface area contributed by atoms with Crippen molar-refractivity contribution < 1.29 is 14.3 Å². The van der Waals surface area contributed by atoms with E-state index in [0.717, 1.165) is 0 Å². The Morgan fingerprint density at radius 1 is 1.50 bits per heavy atom. The number of esters is 1. The van der Waals surface area contributed by atoms with E-state index in [0.29, 0.717) is 0 Å². The number of nitrogens with one attached hydrogen (secondary N) is 1. The van der Waals surface area contributed by atoms with Crippen molar-refractivity contribution in [3.8, 4) is 0 Å². The summed E-state index contributed by atoms with van der Waals surface area (Å²) in [4.78, 5) is 26.2. The van der Waals surface area contributed by atoms with Crippen molar-refractivity contribution in [2.24, 2.45) is 0 Å². The van der Waals surface area contributed by atoms with Gasteiger partial charge in [0.1, 0.15) is 5.15 Å². The first kappa shape index (κ1) is 12.4. The van der Waals surface area contributed by atoms with Gasteiger partial charge in [-0.15, -0.1) is 0 Å². The van der Waals surface area contributed by atoms with Crippen LogP contribution in [-0.4, -0.2) is 23.5 Å². The normalized spacial score (nSPS) is 9.69. The smallest absolute Gasteiger partial charge is 0.359 e. The van der Waals surface area contributed by atoms with Gasteiger partial charge in [0, 0.05) is 6.92 Å². The van der Waals surface area contributed by atoms with Crippen LogP contribution in [0.5, 0.6) is 0 Å². The number of hydrogen-bond donors (Lipinski definition) is 1. The van der Waals surface area contributed by atoms with E-state index in [1.54, 1.807) is 6.92 Å². The van der Waals surface area contributed by atoms with Crippen LogP contribution in [0.3, 0.4) is 0 Å². The number of ether oxygens (including phenoxy) is 1. The van der Waals surface area contributed by atoms with E-state index in [1.165, 1.54) is 19.1 Å². The maximum Gasteiger partial charge on any atom is 0.359 e. The standard InChI is InChI=1S/C10H11ClN2O3/c1-3-16-10(15)9-7(12-6(2)14)4-5-8(11)13-9/h4-5H,3H2,1-2H3,(H,12,14). The molecule has 5 nitrogen and oxygen atoms in total. The summed E-state index contributed by atoms with van der Waals surface area (Å²) in [5.41, 5.74) is 0.292. The van der Waals surface area contributed by atoms with Crippen molar-refractivity contribution >= 4 is 29.2 Å². The predicted molar refractivity (Wildman–Crippen MR) is 59.5 cm³/mol. The minimum atomic E-state index is -0.617. The summed E-state index contributed by atoms with van der Waals surface area (Å²) >= 11 is 5.67. The van der Waals surface area contributed by atoms with Crippen molar-refractivity contribution in [2.45, 2.75) is 13.8 Å². The monoisotopic (exact) mass is 242 g/mol. The lowest BCUT2D eigenvalue weighted by atomic mass is 10.3. The minimum absolute atomic E-state index is 0.00421. The zero-order valence-corrected chi connectivity index (χ0v) is 9.67. The largest absolute Gasteiger partial charge is 0.461 e. The third kappa shape index (κ3) is 3.20. The minimum Gasteiger partial charge on any atom is -0.461 e. The molecular weight excluding hydrogens is 232 g/mol. The average molecular weight is 243 g/mol. The van der Waals surface area contributed by atoms with Crippen molar-refractivity contribution in [2.75, 3.05) is 11.9 Å². The molecule has 0 aliphatic heterocycles. The maximum absolute atomic E-state index is 11.5. The summed E-state index contributed by atoms with van der Waals surface area (Å²) in [5, 5.41) is 2.64. The van der Waals surface area contributed by atoms with Gasteiger partial charge in [-0.25, -0.2) is 9.78 Å². The van der Waals surface area contributed by atoms with E-state index >= 15 is 0 Å². The van der Waals surface area contributed by atoms with Crippen molar-refractivity contribution in [1.29, 1.82) is 0 Å². The molecule has 0 aliphatic carbocycles. The highest BCUT2D eigenvalue weighted by Crippen LogP contribution is 2.17. The van der Waals surface area contributed by atoms with Crippen LogP contribution in [0.4, 0.5) is 5.69 Å². The van der Waals surface area contributed by atoms with Gasteiger partial charge in [-0.3, -0.25) is 4.79 Å². The molecule has 1 rings (SSSR count). The van der Waals surface area contributed by atoms with Gasteiger partial charge in [-0.05, 0) is 19.1 Å². The molecule has 86 valence electrons. The number of pyridine rings is 1. The first-order valence-corrected chi connectivity index (χ1v) is 5.03. The van der Waals surface area contributed by atoms with E-state index in [1.807, 2.05) is 0 Å². The molecule has 1 heterocycles. The Hall–Kier alpha value is -1.62. The first-order valence-electron chi connectivity index (χ1n) is 4.66. The third-order valence-electron chi connectivity index (χ3n) is 1.64. The second kappa shape index (κ2) is 5.46. The SMILES string of the molecule is CCOC(=O)c1nc(Cl)ccc1NC(C)=O. The molecule has 1 N–H and O–H groups in total. The Labute approximate surface area is 97.8 Å². The lowest BCUT2D eigenvalue weighted by molar-refractivity contribution is -0.114.